The van der Waals surface area contributed by atoms with Crippen LogP contribution >= 0.6 is 11.6 Å². The number of ether oxygens (including phenoxy) is 3. The van der Waals surface area contributed by atoms with Gasteiger partial charge >= 0.3 is 5.97 Å². The molecule has 0 unspecified atom stereocenters. The topological polar surface area (TPSA) is 119 Å². The van der Waals surface area contributed by atoms with E-state index in [1.807, 2.05) is 0 Å². The van der Waals surface area contributed by atoms with Crippen LogP contribution in [0.15, 0.2) is 10.4 Å². The monoisotopic (exact) mass is 371 g/mol. The third kappa shape index (κ3) is 6.83. The number of carbonyl (C=O) groups is 2. The Kier molecular flexibility index (Phi) is 8.48. The van der Waals surface area contributed by atoms with E-state index in [1.165, 1.54) is 0 Å². The molecule has 0 aromatic heterocycles. The third-order valence-corrected chi connectivity index (χ3v) is 4.91. The van der Waals surface area contributed by atoms with Crippen LogP contribution in [0, 0.1) is 0 Å². The van der Waals surface area contributed by atoms with Crippen molar-refractivity contribution in [3.63, 3.8) is 0 Å². The summed E-state index contributed by atoms with van der Waals surface area (Å²) in [6.45, 7) is 1.09. The number of amides is 1. The first-order valence-electron chi connectivity index (χ1n) is 6.74. The Morgan fingerprint density at radius 3 is 2.09 bits per heavy atom. The van der Waals surface area contributed by atoms with Crippen LogP contribution in [0.25, 0.3) is 0 Å². The van der Waals surface area contributed by atoms with Gasteiger partial charge in [-0.3, -0.25) is 9.59 Å². The molecule has 11 heteroatoms. The van der Waals surface area contributed by atoms with Gasteiger partial charge in [0.15, 0.2) is 4.36 Å². The Morgan fingerprint density at radius 2 is 1.61 bits per heavy atom. The second-order valence-electron chi connectivity index (χ2n) is 4.34. The van der Waals surface area contributed by atoms with Gasteiger partial charge in [-0.1, -0.05) is 11.6 Å². The van der Waals surface area contributed by atoms with Crippen LogP contribution in [0.5, 0.6) is 0 Å². The van der Waals surface area contributed by atoms with Crippen molar-refractivity contribution in [3.05, 3.63) is 10.4 Å². The van der Waals surface area contributed by atoms with E-state index in [0.29, 0.717) is 10.9 Å². The van der Waals surface area contributed by atoms with Gasteiger partial charge in [0, 0.05) is 6.08 Å². The first-order chi connectivity index (χ1) is 10.9. The predicted octanol–water partition coefficient (Wildman–Crippen LogP) is -0.237. The highest BCUT2D eigenvalue weighted by Gasteiger charge is 2.35. The lowest BCUT2D eigenvalue weighted by Crippen LogP contribution is -2.33. The largest absolute Gasteiger partial charge is 0.481 e. The molecule has 0 aliphatic carbocycles. The number of carboxylic acid groups (broad SMARTS) is 1. The molecular weight excluding hydrogens is 354 g/mol. The van der Waals surface area contributed by atoms with Crippen LogP contribution in [-0.2, 0) is 33.8 Å². The number of halogens is 1. The van der Waals surface area contributed by atoms with Gasteiger partial charge in [0.2, 0.25) is 0 Å². The zero-order chi connectivity index (χ0) is 17.3. The van der Waals surface area contributed by atoms with Crippen molar-refractivity contribution in [1.82, 2.24) is 4.31 Å². The standard InChI is InChI=1S/C12H18ClNO8S/c13-10-9-11(15)14(23(10,18)19)2-4-21-6-8-22-7-5-20-3-1-12(16)17/h9H,1-8H2,(H,16,17). The summed E-state index contributed by atoms with van der Waals surface area (Å²) in [6, 6.07) is 0. The van der Waals surface area contributed by atoms with E-state index in [0.717, 1.165) is 6.08 Å². The maximum absolute atomic E-state index is 11.6. The molecule has 0 bridgehead atoms. The first kappa shape index (κ1) is 19.8. The Hall–Kier alpha value is -1.20. The highest BCUT2D eigenvalue weighted by Crippen LogP contribution is 2.24. The van der Waals surface area contributed by atoms with Gasteiger partial charge in [-0.15, -0.1) is 0 Å². The lowest BCUT2D eigenvalue weighted by Gasteiger charge is -2.15. The summed E-state index contributed by atoms with van der Waals surface area (Å²) in [7, 11) is -3.89. The molecule has 23 heavy (non-hydrogen) atoms. The molecule has 0 saturated carbocycles. The molecule has 0 spiro atoms. The van der Waals surface area contributed by atoms with Crippen LogP contribution in [0.4, 0.5) is 0 Å². The van der Waals surface area contributed by atoms with E-state index in [1.54, 1.807) is 0 Å². The fraction of sp³-hybridized carbons (Fsp3) is 0.667. The zero-order valence-electron chi connectivity index (χ0n) is 12.3. The van der Waals surface area contributed by atoms with Gasteiger partial charge in [0.25, 0.3) is 15.9 Å². The summed E-state index contributed by atoms with van der Waals surface area (Å²) in [4.78, 5) is 21.6. The second-order valence-corrected chi connectivity index (χ2v) is 6.81. The van der Waals surface area contributed by atoms with Crippen molar-refractivity contribution in [2.45, 2.75) is 6.42 Å². The van der Waals surface area contributed by atoms with E-state index >= 15 is 0 Å². The molecular formula is C12H18ClNO8S. The number of carboxylic acids is 1. The lowest BCUT2D eigenvalue weighted by atomic mass is 10.5. The maximum atomic E-state index is 11.6. The van der Waals surface area contributed by atoms with Gasteiger partial charge < -0.3 is 19.3 Å². The number of rotatable bonds is 12. The normalized spacial score (nSPS) is 16.7. The maximum Gasteiger partial charge on any atom is 0.305 e. The smallest absolute Gasteiger partial charge is 0.305 e. The van der Waals surface area contributed by atoms with Crippen molar-refractivity contribution in [2.24, 2.45) is 0 Å². The van der Waals surface area contributed by atoms with E-state index in [-0.39, 0.29) is 46.0 Å². The number of hydrogen-bond acceptors (Lipinski definition) is 7. The van der Waals surface area contributed by atoms with Crippen LogP contribution in [0.2, 0.25) is 0 Å². The third-order valence-electron chi connectivity index (χ3n) is 2.66. The number of carbonyl (C=O) groups excluding carboxylic acids is 1. The van der Waals surface area contributed by atoms with Crippen LogP contribution in [0.3, 0.4) is 0 Å². The van der Waals surface area contributed by atoms with Gasteiger partial charge in [-0.05, 0) is 0 Å². The molecule has 132 valence electrons. The number of aliphatic carboxylic acids is 1. The van der Waals surface area contributed by atoms with Crippen molar-refractivity contribution >= 4 is 33.5 Å². The predicted molar refractivity (Wildman–Crippen MR) is 79.3 cm³/mol. The number of sulfonamides is 1. The molecule has 9 nitrogen and oxygen atoms in total. The molecule has 0 atom stereocenters. The Morgan fingerprint density at radius 1 is 1.09 bits per heavy atom. The van der Waals surface area contributed by atoms with Crippen LogP contribution in [-0.4, -0.2) is 75.9 Å². The second kappa shape index (κ2) is 9.83. The molecule has 1 heterocycles. The number of nitrogens with zero attached hydrogens (tertiary/aromatic N) is 1. The summed E-state index contributed by atoms with van der Waals surface area (Å²) in [5.74, 6) is -1.61. The Labute approximate surface area is 138 Å². The molecule has 1 rings (SSSR count). The Bertz CT molecular complexity index is 547. The van der Waals surface area contributed by atoms with Gasteiger partial charge in [-0.25, -0.2) is 4.31 Å². The summed E-state index contributed by atoms with van der Waals surface area (Å²) in [6.07, 6.45) is 0.796. The lowest BCUT2D eigenvalue weighted by molar-refractivity contribution is -0.138. The molecule has 0 aromatic carbocycles. The SMILES string of the molecule is O=C(O)CCOCCOCCOCCN1C(=O)C=C(Cl)S1(=O)=O. The summed E-state index contributed by atoms with van der Waals surface area (Å²) in [5, 5.41) is 8.38. The van der Waals surface area contributed by atoms with Crippen molar-refractivity contribution in [2.75, 3.05) is 46.2 Å². The molecule has 1 aliphatic heterocycles. The van der Waals surface area contributed by atoms with E-state index < -0.39 is 26.3 Å². The van der Waals surface area contributed by atoms with Crippen molar-refractivity contribution in [3.8, 4) is 0 Å². The van der Waals surface area contributed by atoms with Crippen molar-refractivity contribution < 1.29 is 37.3 Å². The minimum absolute atomic E-state index is 0.0292. The molecule has 1 N–H and O–H groups in total. The van der Waals surface area contributed by atoms with Gasteiger partial charge in [0.1, 0.15) is 0 Å². The fourth-order valence-electron chi connectivity index (χ4n) is 1.55. The number of hydrogen-bond donors (Lipinski definition) is 1. The van der Waals surface area contributed by atoms with E-state index in [2.05, 4.69) is 0 Å². The summed E-state index contributed by atoms with van der Waals surface area (Å²) < 4.78 is 38.7. The molecule has 1 amide bonds. The minimum Gasteiger partial charge on any atom is -0.481 e. The molecule has 0 saturated heterocycles. The van der Waals surface area contributed by atoms with Crippen LogP contribution in [0.1, 0.15) is 6.42 Å². The minimum atomic E-state index is -3.89. The summed E-state index contributed by atoms with van der Waals surface area (Å²) >= 11 is 5.45. The fourth-order valence-corrected chi connectivity index (χ4v) is 2.95. The van der Waals surface area contributed by atoms with Gasteiger partial charge in [0.05, 0.1) is 52.6 Å². The average Bonchev–Trinajstić information content (AvgIpc) is 2.65. The summed E-state index contributed by atoms with van der Waals surface area (Å²) in [5.41, 5.74) is 0. The van der Waals surface area contributed by atoms with Gasteiger partial charge in [-0.2, -0.15) is 8.42 Å². The molecule has 0 fully saturated rings. The highest BCUT2D eigenvalue weighted by molar-refractivity contribution is 7.95. The van der Waals surface area contributed by atoms with E-state index in [4.69, 9.17) is 30.9 Å². The molecule has 1 aliphatic rings. The van der Waals surface area contributed by atoms with Crippen molar-refractivity contribution in [1.29, 1.82) is 0 Å². The highest BCUT2D eigenvalue weighted by atomic mass is 35.5. The van der Waals surface area contributed by atoms with Crippen LogP contribution < -0.4 is 0 Å². The Balaban J connectivity index is 1.98. The zero-order valence-corrected chi connectivity index (χ0v) is 13.8. The van der Waals surface area contributed by atoms with E-state index in [9.17, 15) is 18.0 Å². The first-order valence-corrected chi connectivity index (χ1v) is 8.56. The molecule has 0 radical (unpaired) electrons. The average molecular weight is 372 g/mol. The molecule has 0 aromatic rings. The quantitative estimate of drug-likeness (QED) is 0.467.